The van der Waals surface area contributed by atoms with Crippen LogP contribution >= 0.6 is 0 Å². The standard InChI is InChI=1S/C18H20O8/c1-5-23-14(19)10-24-15-11(7-6-8-13(15)22-4)9-12-16(20)25-18(2,3)26-17(12)21/h6-9H,5,10H2,1-4H3. The first-order chi connectivity index (χ1) is 12.3. The molecular weight excluding hydrogens is 344 g/mol. The maximum absolute atomic E-state index is 12.1. The van der Waals surface area contributed by atoms with Crippen LogP contribution in [0.15, 0.2) is 23.8 Å². The number of ether oxygens (including phenoxy) is 5. The zero-order valence-electron chi connectivity index (χ0n) is 15.0. The molecule has 0 atom stereocenters. The Bertz CT molecular complexity index is 726. The van der Waals surface area contributed by atoms with Crippen LogP contribution in [0, 0.1) is 0 Å². The monoisotopic (exact) mass is 364 g/mol. The Hall–Kier alpha value is -3.03. The molecule has 1 aromatic rings. The van der Waals surface area contributed by atoms with Crippen LogP contribution in [-0.2, 0) is 28.6 Å². The highest BCUT2D eigenvalue weighted by Gasteiger charge is 2.39. The number of para-hydroxylation sites is 1. The normalized spacial score (nSPS) is 15.6. The van der Waals surface area contributed by atoms with Gasteiger partial charge in [-0.2, -0.15) is 0 Å². The molecule has 0 bridgehead atoms. The van der Waals surface area contributed by atoms with Crippen molar-refractivity contribution in [2.45, 2.75) is 26.6 Å². The third kappa shape index (κ3) is 4.53. The topological polar surface area (TPSA) is 97.4 Å². The molecule has 1 aliphatic heterocycles. The van der Waals surface area contributed by atoms with E-state index in [4.69, 9.17) is 23.7 Å². The van der Waals surface area contributed by atoms with E-state index in [1.165, 1.54) is 27.0 Å². The largest absolute Gasteiger partial charge is 0.493 e. The van der Waals surface area contributed by atoms with E-state index >= 15 is 0 Å². The van der Waals surface area contributed by atoms with E-state index in [1.807, 2.05) is 0 Å². The van der Waals surface area contributed by atoms with E-state index in [2.05, 4.69) is 0 Å². The highest BCUT2D eigenvalue weighted by molar-refractivity contribution is 6.19. The van der Waals surface area contributed by atoms with Crippen LogP contribution < -0.4 is 9.47 Å². The summed E-state index contributed by atoms with van der Waals surface area (Å²) in [5, 5.41) is 0. The zero-order chi connectivity index (χ0) is 19.3. The minimum absolute atomic E-state index is 0.181. The van der Waals surface area contributed by atoms with E-state index < -0.39 is 23.7 Å². The molecule has 0 aromatic heterocycles. The molecule has 140 valence electrons. The number of esters is 3. The number of hydrogen-bond acceptors (Lipinski definition) is 8. The first-order valence-electron chi connectivity index (χ1n) is 7.91. The number of benzene rings is 1. The van der Waals surface area contributed by atoms with Crippen LogP contribution in [0.5, 0.6) is 11.5 Å². The van der Waals surface area contributed by atoms with Crippen LogP contribution in [0.1, 0.15) is 26.3 Å². The van der Waals surface area contributed by atoms with Crippen molar-refractivity contribution >= 4 is 24.0 Å². The van der Waals surface area contributed by atoms with Crippen LogP contribution in [0.2, 0.25) is 0 Å². The summed E-state index contributed by atoms with van der Waals surface area (Å²) in [6.07, 6.45) is 1.27. The highest BCUT2D eigenvalue weighted by atomic mass is 16.7. The lowest BCUT2D eigenvalue weighted by Gasteiger charge is -2.29. The summed E-state index contributed by atoms with van der Waals surface area (Å²) in [6, 6.07) is 4.85. The van der Waals surface area contributed by atoms with Crippen molar-refractivity contribution in [3.63, 3.8) is 0 Å². The third-order valence-electron chi connectivity index (χ3n) is 3.29. The molecule has 0 spiro atoms. The molecule has 1 saturated heterocycles. The van der Waals surface area contributed by atoms with Gasteiger partial charge >= 0.3 is 17.9 Å². The number of carbonyl (C=O) groups excluding carboxylic acids is 3. The van der Waals surface area contributed by atoms with Gasteiger partial charge in [-0.15, -0.1) is 0 Å². The fourth-order valence-electron chi connectivity index (χ4n) is 2.23. The molecule has 0 unspecified atom stereocenters. The average molecular weight is 364 g/mol. The molecule has 1 fully saturated rings. The van der Waals surface area contributed by atoms with Gasteiger partial charge in [-0.3, -0.25) is 0 Å². The van der Waals surface area contributed by atoms with Gasteiger partial charge in [-0.25, -0.2) is 14.4 Å². The summed E-state index contributed by atoms with van der Waals surface area (Å²) in [4.78, 5) is 35.7. The van der Waals surface area contributed by atoms with E-state index in [-0.39, 0.29) is 24.5 Å². The Morgan fingerprint density at radius 3 is 2.42 bits per heavy atom. The zero-order valence-corrected chi connectivity index (χ0v) is 15.0. The molecule has 1 aromatic carbocycles. The summed E-state index contributed by atoms with van der Waals surface area (Å²) < 4.78 is 25.6. The van der Waals surface area contributed by atoms with Crippen molar-refractivity contribution in [1.29, 1.82) is 0 Å². The molecule has 2 rings (SSSR count). The van der Waals surface area contributed by atoms with Crippen molar-refractivity contribution in [3.8, 4) is 11.5 Å². The summed E-state index contributed by atoms with van der Waals surface area (Å²) in [6.45, 7) is 4.46. The first kappa shape index (κ1) is 19.3. The summed E-state index contributed by atoms with van der Waals surface area (Å²) in [5.41, 5.74) is 0.0517. The van der Waals surface area contributed by atoms with Gasteiger partial charge < -0.3 is 23.7 Å². The second-order valence-electron chi connectivity index (χ2n) is 5.71. The van der Waals surface area contributed by atoms with E-state index in [0.717, 1.165) is 0 Å². The minimum Gasteiger partial charge on any atom is -0.493 e. The van der Waals surface area contributed by atoms with Gasteiger partial charge in [-0.05, 0) is 19.1 Å². The predicted molar refractivity (Wildman–Crippen MR) is 89.4 cm³/mol. The van der Waals surface area contributed by atoms with Crippen LogP contribution in [0.4, 0.5) is 0 Å². The molecular formula is C18H20O8. The third-order valence-corrected chi connectivity index (χ3v) is 3.29. The maximum atomic E-state index is 12.1. The first-order valence-corrected chi connectivity index (χ1v) is 7.91. The van der Waals surface area contributed by atoms with E-state index in [1.54, 1.807) is 25.1 Å². The molecule has 0 amide bonds. The number of rotatable bonds is 6. The number of carbonyl (C=O) groups is 3. The Morgan fingerprint density at radius 1 is 1.19 bits per heavy atom. The second kappa shape index (κ2) is 7.90. The maximum Gasteiger partial charge on any atom is 0.348 e. The van der Waals surface area contributed by atoms with Gasteiger partial charge in [0, 0.05) is 19.4 Å². The Balaban J connectivity index is 2.35. The van der Waals surface area contributed by atoms with Gasteiger partial charge in [-0.1, -0.05) is 12.1 Å². The van der Waals surface area contributed by atoms with Crippen LogP contribution in [0.25, 0.3) is 6.08 Å². The lowest BCUT2D eigenvalue weighted by Crippen LogP contribution is -2.41. The predicted octanol–water partition coefficient (Wildman–Crippen LogP) is 1.86. The molecule has 0 N–H and O–H groups in total. The van der Waals surface area contributed by atoms with Crippen LogP contribution in [-0.4, -0.2) is 44.0 Å². The number of hydrogen-bond donors (Lipinski definition) is 0. The van der Waals surface area contributed by atoms with Gasteiger partial charge in [0.15, 0.2) is 18.1 Å². The van der Waals surface area contributed by atoms with E-state index in [0.29, 0.717) is 11.3 Å². The molecule has 0 saturated carbocycles. The molecule has 26 heavy (non-hydrogen) atoms. The molecule has 8 nitrogen and oxygen atoms in total. The quantitative estimate of drug-likeness (QED) is 0.429. The van der Waals surface area contributed by atoms with Gasteiger partial charge in [0.2, 0.25) is 0 Å². The van der Waals surface area contributed by atoms with Gasteiger partial charge in [0.25, 0.3) is 5.79 Å². The lowest BCUT2D eigenvalue weighted by molar-refractivity contribution is -0.222. The highest BCUT2D eigenvalue weighted by Crippen LogP contribution is 2.34. The molecule has 0 aliphatic carbocycles. The average Bonchev–Trinajstić information content (AvgIpc) is 2.56. The van der Waals surface area contributed by atoms with Crippen molar-refractivity contribution in [2.24, 2.45) is 0 Å². The number of methoxy groups -OCH3 is 1. The Morgan fingerprint density at radius 2 is 1.85 bits per heavy atom. The summed E-state index contributed by atoms with van der Waals surface area (Å²) >= 11 is 0. The molecule has 8 heteroatoms. The van der Waals surface area contributed by atoms with Crippen molar-refractivity contribution in [3.05, 3.63) is 29.3 Å². The van der Waals surface area contributed by atoms with Gasteiger partial charge in [0.1, 0.15) is 5.57 Å². The lowest BCUT2D eigenvalue weighted by atomic mass is 10.1. The van der Waals surface area contributed by atoms with Crippen LogP contribution in [0.3, 0.4) is 0 Å². The Kier molecular flexibility index (Phi) is 5.86. The fraction of sp³-hybridized carbons (Fsp3) is 0.389. The van der Waals surface area contributed by atoms with Crippen molar-refractivity contribution in [2.75, 3.05) is 20.3 Å². The summed E-state index contributed by atoms with van der Waals surface area (Å²) in [5.74, 6) is -3.02. The van der Waals surface area contributed by atoms with Gasteiger partial charge in [0.05, 0.1) is 13.7 Å². The smallest absolute Gasteiger partial charge is 0.348 e. The molecule has 0 radical (unpaired) electrons. The molecule has 1 aliphatic rings. The minimum atomic E-state index is -1.33. The fourth-order valence-corrected chi connectivity index (χ4v) is 2.23. The van der Waals surface area contributed by atoms with E-state index in [9.17, 15) is 14.4 Å². The van der Waals surface area contributed by atoms with Crippen molar-refractivity contribution < 1.29 is 38.1 Å². The summed E-state index contributed by atoms with van der Waals surface area (Å²) in [7, 11) is 1.43. The second-order valence-corrected chi connectivity index (χ2v) is 5.71. The molecule has 1 heterocycles. The Labute approximate surface area is 150 Å². The van der Waals surface area contributed by atoms with Crippen molar-refractivity contribution in [1.82, 2.24) is 0 Å². The SMILES string of the molecule is CCOC(=O)COc1c(C=C2C(=O)OC(C)(C)OC2=O)cccc1OC. The number of cyclic esters (lactones) is 2.